The van der Waals surface area contributed by atoms with Crippen molar-refractivity contribution < 1.29 is 34.0 Å². The van der Waals surface area contributed by atoms with Crippen molar-refractivity contribution in [3.8, 4) is 5.75 Å². The van der Waals surface area contributed by atoms with Crippen LogP contribution >= 0.6 is 23.4 Å². The third-order valence-corrected chi connectivity index (χ3v) is 8.95. The lowest BCUT2D eigenvalue weighted by molar-refractivity contribution is -0.218. The zero-order chi connectivity index (χ0) is 29.1. The topological polar surface area (TPSA) is 99.5 Å². The second-order valence-electron chi connectivity index (χ2n) is 10.3. The number of hydrogen-bond acceptors (Lipinski definition) is 7. The van der Waals surface area contributed by atoms with Crippen molar-refractivity contribution in [2.45, 2.75) is 55.2 Å². The summed E-state index contributed by atoms with van der Waals surface area (Å²) in [6.07, 6.45) is -4.63. The SMILES string of the molecule is CCOc1ccc(Cc2cc([C@@H]3O[C@H](CSc4cc(C(=O)N5CCC5)ccc4F)[C@H](O)[C@@H](O)[C@H]3O)ccc2Cl)cc1. The highest BCUT2D eigenvalue weighted by molar-refractivity contribution is 7.99. The van der Waals surface area contributed by atoms with Crippen LogP contribution in [0.1, 0.15) is 46.5 Å². The number of likely N-dealkylation sites (tertiary alicyclic amines) is 1. The fourth-order valence-corrected chi connectivity index (χ4v) is 6.20. The van der Waals surface area contributed by atoms with E-state index in [2.05, 4.69) is 0 Å². The molecule has 2 fully saturated rings. The fourth-order valence-electron chi connectivity index (χ4n) is 4.98. The summed E-state index contributed by atoms with van der Waals surface area (Å²) in [4.78, 5) is 14.5. The Balaban J connectivity index is 1.30. The molecule has 3 aromatic rings. The Morgan fingerprint density at radius 3 is 2.49 bits per heavy atom. The number of rotatable bonds is 9. The van der Waals surface area contributed by atoms with E-state index in [-0.39, 0.29) is 16.6 Å². The Labute approximate surface area is 247 Å². The van der Waals surface area contributed by atoms with Crippen LogP contribution in [-0.2, 0) is 11.2 Å². The van der Waals surface area contributed by atoms with Crippen LogP contribution in [0.15, 0.2) is 65.6 Å². The molecule has 0 aliphatic carbocycles. The van der Waals surface area contributed by atoms with Gasteiger partial charge >= 0.3 is 0 Å². The normalized spacial score (nSPS) is 24.1. The number of hydrogen-bond donors (Lipinski definition) is 3. The summed E-state index contributed by atoms with van der Waals surface area (Å²) >= 11 is 7.58. The first-order valence-electron chi connectivity index (χ1n) is 13.7. The fraction of sp³-hybridized carbons (Fsp3) is 0.387. The maximum atomic E-state index is 14.6. The third kappa shape index (κ3) is 6.71. The highest BCUT2D eigenvalue weighted by atomic mass is 35.5. The molecule has 218 valence electrons. The predicted molar refractivity (Wildman–Crippen MR) is 155 cm³/mol. The molecule has 0 unspecified atom stereocenters. The minimum absolute atomic E-state index is 0.0896. The van der Waals surface area contributed by atoms with Crippen molar-refractivity contribution in [3.05, 3.63) is 93.8 Å². The summed E-state index contributed by atoms with van der Waals surface area (Å²) in [7, 11) is 0. The average Bonchev–Trinajstić information content (AvgIpc) is 2.93. The van der Waals surface area contributed by atoms with Crippen LogP contribution in [-0.4, -0.2) is 76.0 Å². The molecular weight excluding hydrogens is 569 g/mol. The van der Waals surface area contributed by atoms with E-state index in [1.807, 2.05) is 37.3 Å². The van der Waals surface area contributed by atoms with Crippen LogP contribution in [0.5, 0.6) is 5.75 Å². The van der Waals surface area contributed by atoms with Crippen molar-refractivity contribution in [1.29, 1.82) is 0 Å². The van der Waals surface area contributed by atoms with Gasteiger partial charge in [-0.15, -0.1) is 11.8 Å². The highest BCUT2D eigenvalue weighted by Gasteiger charge is 2.44. The van der Waals surface area contributed by atoms with Gasteiger partial charge in [0.15, 0.2) is 0 Å². The van der Waals surface area contributed by atoms with Crippen molar-refractivity contribution >= 4 is 29.3 Å². The Kier molecular flexibility index (Phi) is 9.53. The highest BCUT2D eigenvalue weighted by Crippen LogP contribution is 2.37. The zero-order valence-corrected chi connectivity index (χ0v) is 24.2. The van der Waals surface area contributed by atoms with Crippen molar-refractivity contribution in [3.63, 3.8) is 0 Å². The maximum Gasteiger partial charge on any atom is 0.253 e. The van der Waals surface area contributed by atoms with Gasteiger partial charge in [0.05, 0.1) is 12.7 Å². The van der Waals surface area contributed by atoms with Crippen LogP contribution in [0, 0.1) is 5.82 Å². The standard InChI is InChI=1S/C31H33ClFNO6S/c1-2-39-22-8-4-18(5-9-22)14-21-15-19(6-10-23(21)32)30-29(37)28(36)27(35)25(40-30)17-41-26-16-20(7-11-24(26)33)31(38)34-12-3-13-34/h4-11,15-16,25,27-30,35-37H,2-3,12-14,17H2,1H3/t25-,27+,28-,29-,30+/m1/s1. The van der Waals surface area contributed by atoms with Gasteiger partial charge in [0, 0.05) is 34.3 Å². The summed E-state index contributed by atoms with van der Waals surface area (Å²) < 4.78 is 26.3. The Morgan fingerprint density at radius 1 is 1.05 bits per heavy atom. The van der Waals surface area contributed by atoms with Gasteiger partial charge in [0.25, 0.3) is 5.91 Å². The Bertz CT molecular complexity index is 1370. The van der Waals surface area contributed by atoms with E-state index in [9.17, 15) is 24.5 Å². The molecule has 0 bridgehead atoms. The largest absolute Gasteiger partial charge is 0.494 e. The number of benzene rings is 3. The number of ether oxygens (including phenoxy) is 2. The smallest absolute Gasteiger partial charge is 0.253 e. The molecule has 5 atom stereocenters. The van der Waals surface area contributed by atoms with Gasteiger partial charge in [-0.05, 0) is 72.9 Å². The van der Waals surface area contributed by atoms with Crippen LogP contribution in [0.4, 0.5) is 4.39 Å². The maximum absolute atomic E-state index is 14.6. The van der Waals surface area contributed by atoms with E-state index < -0.39 is 36.3 Å². The molecule has 41 heavy (non-hydrogen) atoms. The number of carbonyl (C=O) groups excluding carboxylic acids is 1. The molecule has 2 aliphatic rings. The first-order chi connectivity index (χ1) is 19.7. The quantitative estimate of drug-likeness (QED) is 0.308. The minimum atomic E-state index is -1.48. The zero-order valence-electron chi connectivity index (χ0n) is 22.6. The predicted octanol–water partition coefficient (Wildman–Crippen LogP) is 4.63. The van der Waals surface area contributed by atoms with Gasteiger partial charge in [-0.1, -0.05) is 35.9 Å². The van der Waals surface area contributed by atoms with E-state index in [1.165, 1.54) is 18.2 Å². The van der Waals surface area contributed by atoms with Crippen LogP contribution in [0.25, 0.3) is 0 Å². The van der Waals surface area contributed by atoms with Gasteiger partial charge < -0.3 is 29.7 Å². The van der Waals surface area contributed by atoms with E-state index in [0.717, 1.165) is 35.1 Å². The number of aliphatic hydroxyl groups is 3. The Morgan fingerprint density at radius 2 is 1.80 bits per heavy atom. The molecule has 2 aliphatic heterocycles. The van der Waals surface area contributed by atoms with Crippen LogP contribution in [0.3, 0.4) is 0 Å². The van der Waals surface area contributed by atoms with Gasteiger partial charge in [0.1, 0.15) is 36.0 Å². The van der Waals surface area contributed by atoms with Gasteiger partial charge in [-0.2, -0.15) is 0 Å². The molecule has 0 aromatic heterocycles. The number of carbonyl (C=O) groups is 1. The molecule has 2 saturated heterocycles. The molecule has 3 aromatic carbocycles. The summed E-state index contributed by atoms with van der Waals surface area (Å²) in [6, 6.07) is 17.2. The lowest BCUT2D eigenvalue weighted by Crippen LogP contribution is -2.54. The molecule has 3 N–H and O–H groups in total. The average molecular weight is 602 g/mol. The van der Waals surface area contributed by atoms with Crippen molar-refractivity contribution in [2.75, 3.05) is 25.4 Å². The number of thioether (sulfide) groups is 1. The monoisotopic (exact) mass is 601 g/mol. The molecule has 0 radical (unpaired) electrons. The van der Waals surface area contributed by atoms with E-state index in [1.54, 1.807) is 17.0 Å². The number of amides is 1. The van der Waals surface area contributed by atoms with Crippen molar-refractivity contribution in [1.82, 2.24) is 4.90 Å². The number of aliphatic hydroxyl groups excluding tert-OH is 3. The first kappa shape index (κ1) is 29.8. The molecule has 0 spiro atoms. The first-order valence-corrected chi connectivity index (χ1v) is 15.0. The van der Waals surface area contributed by atoms with E-state index in [4.69, 9.17) is 21.1 Å². The number of nitrogens with zero attached hydrogens (tertiary/aromatic N) is 1. The summed E-state index contributed by atoms with van der Waals surface area (Å²) in [5.41, 5.74) is 2.81. The molecule has 5 rings (SSSR count). The Hall–Kier alpha value is -2.66. The summed E-state index contributed by atoms with van der Waals surface area (Å²) in [5, 5.41) is 32.8. The lowest BCUT2D eigenvalue weighted by atomic mass is 9.90. The van der Waals surface area contributed by atoms with Crippen LogP contribution < -0.4 is 4.74 Å². The van der Waals surface area contributed by atoms with E-state index in [0.29, 0.717) is 42.3 Å². The van der Waals surface area contributed by atoms with Gasteiger partial charge in [0.2, 0.25) is 0 Å². The molecule has 0 saturated carbocycles. The molecular formula is C31H33ClFNO6S. The third-order valence-electron chi connectivity index (χ3n) is 7.46. The van der Waals surface area contributed by atoms with Gasteiger partial charge in [-0.3, -0.25) is 4.79 Å². The summed E-state index contributed by atoms with van der Waals surface area (Å²) in [5.74, 6) is 0.232. The lowest BCUT2D eigenvalue weighted by Gasteiger charge is -2.41. The van der Waals surface area contributed by atoms with Crippen molar-refractivity contribution in [2.24, 2.45) is 0 Å². The van der Waals surface area contributed by atoms with Gasteiger partial charge in [-0.25, -0.2) is 4.39 Å². The molecule has 10 heteroatoms. The molecule has 1 amide bonds. The van der Waals surface area contributed by atoms with Crippen LogP contribution in [0.2, 0.25) is 5.02 Å². The summed E-state index contributed by atoms with van der Waals surface area (Å²) in [6.45, 7) is 3.88. The number of halogens is 2. The second kappa shape index (κ2) is 13.1. The molecule has 7 nitrogen and oxygen atoms in total. The minimum Gasteiger partial charge on any atom is -0.494 e. The molecule has 2 heterocycles. The second-order valence-corrected chi connectivity index (χ2v) is 11.7. The van der Waals surface area contributed by atoms with E-state index >= 15 is 0 Å².